The Labute approximate surface area is 496 Å². The zero-order chi connectivity index (χ0) is 58.4. The predicted molar refractivity (Wildman–Crippen MR) is 344 cm³/mol. The highest BCUT2D eigenvalue weighted by Gasteiger charge is 2.27. The molecule has 0 spiro atoms. The Balaban J connectivity index is 3.95. The minimum Gasteiger partial charge on any atom is -0.462 e. The van der Waals surface area contributed by atoms with Gasteiger partial charge in [0.05, 0.1) is 27.7 Å². The first kappa shape index (κ1) is 77.7. The molecule has 0 saturated heterocycles. The highest BCUT2D eigenvalue weighted by molar-refractivity contribution is 7.47. The Hall–Kier alpha value is -2.29. The van der Waals surface area contributed by atoms with Gasteiger partial charge in [-0.05, 0) is 83.5 Å². The number of hydrogen-bond acceptors (Lipinski definition) is 7. The molecule has 9 nitrogen and oxygen atoms in total. The smallest absolute Gasteiger partial charge is 0.462 e. The van der Waals surface area contributed by atoms with Gasteiger partial charge in [0.25, 0.3) is 0 Å². The summed E-state index contributed by atoms with van der Waals surface area (Å²) in [5.74, 6) is -0.800. The third-order valence-electron chi connectivity index (χ3n) is 15.0. The molecule has 0 bridgehead atoms. The Morgan fingerprint density at radius 1 is 0.388 bits per heavy atom. The topological polar surface area (TPSA) is 108 Å². The molecule has 1 N–H and O–H groups in total. The fourth-order valence-corrected chi connectivity index (χ4v) is 10.5. The maximum absolute atomic E-state index is 12.8. The van der Waals surface area contributed by atoms with Crippen LogP contribution in [-0.2, 0) is 32.7 Å². The predicted octanol–water partition coefficient (Wildman–Crippen LogP) is 21.8. The summed E-state index contributed by atoms with van der Waals surface area (Å²) in [5, 5.41) is 0. The van der Waals surface area contributed by atoms with Crippen LogP contribution in [0.1, 0.15) is 322 Å². The number of carbonyl (C=O) groups is 2. The van der Waals surface area contributed by atoms with Crippen LogP contribution in [0.2, 0.25) is 0 Å². The summed E-state index contributed by atoms with van der Waals surface area (Å²) in [6, 6.07) is 0. The van der Waals surface area contributed by atoms with Gasteiger partial charge < -0.3 is 18.9 Å². The lowest BCUT2D eigenvalue weighted by molar-refractivity contribution is -0.870. The van der Waals surface area contributed by atoms with E-state index < -0.39 is 26.5 Å². The normalized spacial score (nSPS) is 13.5. The van der Waals surface area contributed by atoms with Gasteiger partial charge in [0.15, 0.2) is 6.10 Å². The fraction of sp³-hybridized carbons (Fsp3) is 0.829. The summed E-state index contributed by atoms with van der Waals surface area (Å²) in [6.07, 6.45) is 80.5. The molecule has 80 heavy (non-hydrogen) atoms. The average Bonchev–Trinajstić information content (AvgIpc) is 3.42. The second-order valence-corrected chi connectivity index (χ2v) is 25.7. The monoisotopic (exact) mass is 1140 g/mol. The van der Waals surface area contributed by atoms with Crippen LogP contribution in [0.3, 0.4) is 0 Å². The first-order valence-electron chi connectivity index (χ1n) is 34.0. The highest BCUT2D eigenvalue weighted by Crippen LogP contribution is 2.43. The molecule has 0 radical (unpaired) electrons. The first-order valence-corrected chi connectivity index (χ1v) is 35.5. The number of nitrogens with zero attached hydrogens (tertiary/aromatic N) is 1. The third-order valence-corrected chi connectivity index (χ3v) is 16.0. The maximum Gasteiger partial charge on any atom is 0.472 e. The van der Waals surface area contributed by atoms with E-state index in [9.17, 15) is 19.0 Å². The molecule has 0 aromatic heterocycles. The molecule has 2 atom stereocenters. The summed E-state index contributed by atoms with van der Waals surface area (Å²) in [7, 11) is 1.48. The zero-order valence-corrected chi connectivity index (χ0v) is 54.2. The molecule has 0 saturated carbocycles. The van der Waals surface area contributed by atoms with Gasteiger partial charge in [-0.1, -0.05) is 286 Å². The fourth-order valence-electron chi connectivity index (χ4n) is 9.76. The number of rotatable bonds is 63. The van der Waals surface area contributed by atoms with E-state index in [1.165, 1.54) is 212 Å². The lowest BCUT2D eigenvalue weighted by Crippen LogP contribution is -2.37. The number of esters is 2. The van der Waals surface area contributed by atoms with Gasteiger partial charge in [0, 0.05) is 12.8 Å². The second-order valence-electron chi connectivity index (χ2n) is 24.2. The van der Waals surface area contributed by atoms with Crippen LogP contribution in [0, 0.1) is 0 Å². The number of quaternary nitrogens is 1. The van der Waals surface area contributed by atoms with Gasteiger partial charge in [-0.15, -0.1) is 0 Å². The van der Waals surface area contributed by atoms with E-state index in [1.54, 1.807) is 0 Å². The number of phosphoric acid groups is 1. The van der Waals surface area contributed by atoms with Crippen LogP contribution in [0.4, 0.5) is 0 Å². The summed E-state index contributed by atoms with van der Waals surface area (Å²) in [4.78, 5) is 35.8. The number of unbranched alkanes of at least 4 members (excludes halogenated alkanes) is 39. The van der Waals surface area contributed by atoms with E-state index in [0.29, 0.717) is 17.4 Å². The summed E-state index contributed by atoms with van der Waals surface area (Å²) in [5.41, 5.74) is 0. The number of hydrogen-bond donors (Lipinski definition) is 1. The van der Waals surface area contributed by atoms with Crippen molar-refractivity contribution >= 4 is 19.8 Å². The summed E-state index contributed by atoms with van der Waals surface area (Å²) < 4.78 is 34.6. The van der Waals surface area contributed by atoms with Crippen LogP contribution in [-0.4, -0.2) is 74.9 Å². The SMILES string of the molecule is CCCCC/C=C\C/C=C\C/C=C\CCCCCCCCC(=O)OC(COC(=O)CCCCCCCCCCCCCCCCCCCCCCCCCCC/C=C\C/C=C\CCCCCCC)COP(=O)(O)OCC[N+](C)(C)C. The number of allylic oxidation sites excluding steroid dienone is 10. The lowest BCUT2D eigenvalue weighted by Gasteiger charge is -2.24. The molecule has 2 unspecified atom stereocenters. The summed E-state index contributed by atoms with van der Waals surface area (Å²) >= 11 is 0. The Bertz CT molecular complexity index is 1530. The van der Waals surface area contributed by atoms with Crippen molar-refractivity contribution in [2.75, 3.05) is 47.5 Å². The molecule has 0 heterocycles. The molecular formula is C70H131NO8P+. The zero-order valence-electron chi connectivity index (χ0n) is 53.3. The Kier molecular flexibility index (Phi) is 59.5. The van der Waals surface area contributed by atoms with Gasteiger partial charge in [-0.2, -0.15) is 0 Å². The molecule has 0 aromatic carbocycles. The van der Waals surface area contributed by atoms with E-state index >= 15 is 0 Å². The molecule has 10 heteroatoms. The molecule has 0 rings (SSSR count). The number of likely N-dealkylation sites (N-methyl/N-ethyl adjacent to an activating group) is 1. The van der Waals surface area contributed by atoms with Crippen molar-refractivity contribution in [1.29, 1.82) is 0 Å². The number of carbonyl (C=O) groups excluding carboxylic acids is 2. The molecular weight excluding hydrogens is 1010 g/mol. The molecule has 0 amide bonds. The quantitative estimate of drug-likeness (QED) is 0.0211. The van der Waals surface area contributed by atoms with Crippen molar-refractivity contribution in [1.82, 2.24) is 0 Å². The largest absolute Gasteiger partial charge is 0.472 e. The van der Waals surface area contributed by atoms with Crippen molar-refractivity contribution in [3.05, 3.63) is 60.8 Å². The van der Waals surface area contributed by atoms with E-state index in [0.717, 1.165) is 77.0 Å². The molecule has 0 aliphatic heterocycles. The van der Waals surface area contributed by atoms with Crippen molar-refractivity contribution < 1.29 is 42.1 Å². The highest BCUT2D eigenvalue weighted by atomic mass is 31.2. The van der Waals surface area contributed by atoms with E-state index in [1.807, 2.05) is 21.1 Å². The van der Waals surface area contributed by atoms with Gasteiger partial charge in [-0.3, -0.25) is 18.6 Å². The van der Waals surface area contributed by atoms with Crippen LogP contribution >= 0.6 is 7.82 Å². The second kappa shape index (κ2) is 61.3. The average molecular weight is 1150 g/mol. The van der Waals surface area contributed by atoms with Crippen LogP contribution in [0.15, 0.2) is 60.8 Å². The standard InChI is InChI=1S/C70H130NO8P/c1-6-8-10-12-14-16-18-20-22-24-26-27-28-29-30-31-32-33-34-35-36-37-38-39-40-41-42-43-45-46-48-50-52-54-56-58-60-62-69(72)76-66-68(67-78-80(74,75)77-65-64-71(3,4)5)79-70(73)63-61-59-57-55-53-51-49-47-44-25-23-21-19-17-15-13-11-9-7-2/h15,17-18,20-21,23-24,26,44,47,68H,6-14,16,19,22,25,27-43,45-46,48-67H2,1-5H3/p+1/b17-15-,20-18-,23-21-,26-24-,47-44-. The lowest BCUT2D eigenvalue weighted by atomic mass is 10.0. The van der Waals surface area contributed by atoms with Crippen molar-refractivity contribution in [2.45, 2.75) is 328 Å². The van der Waals surface area contributed by atoms with Crippen molar-refractivity contribution in [2.24, 2.45) is 0 Å². The Morgan fingerprint density at radius 3 is 1.02 bits per heavy atom. The molecule has 0 aliphatic rings. The first-order chi connectivity index (χ1) is 39.0. The molecule has 0 fully saturated rings. The van der Waals surface area contributed by atoms with Gasteiger partial charge >= 0.3 is 19.8 Å². The third kappa shape index (κ3) is 64.9. The van der Waals surface area contributed by atoms with Crippen LogP contribution < -0.4 is 0 Å². The number of phosphoric ester groups is 1. The molecule has 0 aromatic rings. The van der Waals surface area contributed by atoms with Crippen LogP contribution in [0.25, 0.3) is 0 Å². The summed E-state index contributed by atoms with van der Waals surface area (Å²) in [6.45, 7) is 4.42. The van der Waals surface area contributed by atoms with Crippen molar-refractivity contribution in [3.8, 4) is 0 Å². The van der Waals surface area contributed by atoms with Gasteiger partial charge in [-0.25, -0.2) is 4.57 Å². The number of ether oxygens (including phenoxy) is 2. The van der Waals surface area contributed by atoms with Gasteiger partial charge in [0.2, 0.25) is 0 Å². The van der Waals surface area contributed by atoms with Crippen LogP contribution in [0.5, 0.6) is 0 Å². The molecule has 468 valence electrons. The van der Waals surface area contributed by atoms with E-state index in [-0.39, 0.29) is 32.0 Å². The van der Waals surface area contributed by atoms with Crippen molar-refractivity contribution in [3.63, 3.8) is 0 Å². The maximum atomic E-state index is 12.8. The van der Waals surface area contributed by atoms with Gasteiger partial charge in [0.1, 0.15) is 19.8 Å². The molecule has 0 aliphatic carbocycles. The Morgan fingerprint density at radius 2 is 0.675 bits per heavy atom. The van der Waals surface area contributed by atoms with E-state index in [2.05, 4.69) is 74.6 Å². The minimum absolute atomic E-state index is 0.0288. The minimum atomic E-state index is -4.39. The van der Waals surface area contributed by atoms with E-state index in [4.69, 9.17) is 18.5 Å².